The second kappa shape index (κ2) is 6.22. The molecule has 0 bridgehead atoms. The van der Waals surface area contributed by atoms with Crippen molar-refractivity contribution in [3.8, 4) is 0 Å². The number of rotatable bonds is 5. The summed E-state index contributed by atoms with van der Waals surface area (Å²) in [6, 6.07) is 6.25. The average Bonchev–Trinajstić information content (AvgIpc) is 2.82. The lowest BCUT2D eigenvalue weighted by Crippen LogP contribution is -2.09. The Morgan fingerprint density at radius 3 is 3.00 bits per heavy atom. The van der Waals surface area contributed by atoms with Crippen LogP contribution in [0.25, 0.3) is 10.9 Å². The molecule has 0 saturated heterocycles. The number of aromatic nitrogens is 1. The van der Waals surface area contributed by atoms with E-state index < -0.39 is 0 Å². The molecule has 1 aromatic heterocycles. The summed E-state index contributed by atoms with van der Waals surface area (Å²) in [4.78, 5) is 3.68. The maximum atomic E-state index is 6.16. The molecule has 1 aliphatic rings. The number of aryl methyl sites for hydroxylation is 1. The molecule has 3 rings (SSSR count). The van der Waals surface area contributed by atoms with Crippen LogP contribution in [0.3, 0.4) is 0 Å². The van der Waals surface area contributed by atoms with Crippen LogP contribution in [-0.4, -0.2) is 4.98 Å². The van der Waals surface area contributed by atoms with Gasteiger partial charge in [-0.1, -0.05) is 44.2 Å². The zero-order valence-electron chi connectivity index (χ0n) is 12.3. The highest BCUT2D eigenvalue weighted by Gasteiger charge is 2.23. The summed E-state index contributed by atoms with van der Waals surface area (Å²) >= 11 is 6.16. The number of hydrogen-bond acceptors (Lipinski definition) is 0. The van der Waals surface area contributed by atoms with Gasteiger partial charge in [-0.2, -0.15) is 0 Å². The summed E-state index contributed by atoms with van der Waals surface area (Å²) in [5.74, 6) is 0.738. The van der Waals surface area contributed by atoms with E-state index in [2.05, 4.69) is 24.0 Å². The molecule has 0 spiro atoms. The normalized spacial score (nSPS) is 18.4. The predicted octanol–water partition coefficient (Wildman–Crippen LogP) is 6.21. The monoisotopic (exact) mass is 289 g/mol. The highest BCUT2D eigenvalue weighted by atomic mass is 35.5. The summed E-state index contributed by atoms with van der Waals surface area (Å²) in [6.45, 7) is 2.28. The summed E-state index contributed by atoms with van der Waals surface area (Å²) in [5, 5.41) is 2.20. The summed E-state index contributed by atoms with van der Waals surface area (Å²) in [7, 11) is 0. The van der Waals surface area contributed by atoms with Gasteiger partial charge in [0.05, 0.1) is 0 Å². The Morgan fingerprint density at radius 1 is 1.25 bits per heavy atom. The van der Waals surface area contributed by atoms with Gasteiger partial charge in [0.15, 0.2) is 0 Å². The van der Waals surface area contributed by atoms with Gasteiger partial charge in [0.1, 0.15) is 0 Å². The Balaban J connectivity index is 1.83. The molecular formula is C18H24ClN. The van der Waals surface area contributed by atoms with E-state index in [0.29, 0.717) is 0 Å². The lowest BCUT2D eigenvalue weighted by Gasteiger charge is -2.22. The number of halogens is 1. The minimum Gasteiger partial charge on any atom is -0.358 e. The van der Waals surface area contributed by atoms with Gasteiger partial charge in [0.2, 0.25) is 0 Å². The Bertz CT molecular complexity index is 584. The van der Waals surface area contributed by atoms with Crippen LogP contribution in [0.2, 0.25) is 5.02 Å². The van der Waals surface area contributed by atoms with Gasteiger partial charge >= 0.3 is 0 Å². The molecule has 1 N–H and O–H groups in total. The van der Waals surface area contributed by atoms with Crippen molar-refractivity contribution in [1.82, 2.24) is 4.98 Å². The van der Waals surface area contributed by atoms with Crippen molar-refractivity contribution in [2.75, 3.05) is 0 Å². The first-order chi connectivity index (χ1) is 9.79. The van der Waals surface area contributed by atoms with Crippen LogP contribution < -0.4 is 0 Å². The van der Waals surface area contributed by atoms with Crippen LogP contribution in [-0.2, 0) is 6.42 Å². The fraction of sp³-hybridized carbons (Fsp3) is 0.556. The van der Waals surface area contributed by atoms with Gasteiger partial charge in [-0.15, -0.1) is 0 Å². The Labute approximate surface area is 126 Å². The van der Waals surface area contributed by atoms with E-state index in [1.54, 1.807) is 0 Å². The molecule has 0 fully saturated rings. The first kappa shape index (κ1) is 14.0. The van der Waals surface area contributed by atoms with Gasteiger partial charge in [0.25, 0.3) is 0 Å². The van der Waals surface area contributed by atoms with Gasteiger partial charge < -0.3 is 4.98 Å². The van der Waals surface area contributed by atoms with E-state index in [1.807, 2.05) is 6.07 Å². The van der Waals surface area contributed by atoms with Crippen molar-refractivity contribution in [1.29, 1.82) is 0 Å². The fourth-order valence-electron chi connectivity index (χ4n) is 3.63. The van der Waals surface area contributed by atoms with Crippen LogP contribution >= 0.6 is 11.6 Å². The molecule has 0 saturated carbocycles. The Kier molecular flexibility index (Phi) is 4.35. The minimum absolute atomic E-state index is 0.738. The van der Waals surface area contributed by atoms with Crippen molar-refractivity contribution in [2.24, 2.45) is 0 Å². The van der Waals surface area contributed by atoms with E-state index in [-0.39, 0.29) is 0 Å². The third-order valence-corrected chi connectivity index (χ3v) is 4.93. The van der Waals surface area contributed by atoms with Crippen molar-refractivity contribution in [3.63, 3.8) is 0 Å². The molecular weight excluding hydrogens is 266 g/mol. The average molecular weight is 290 g/mol. The third-order valence-electron chi connectivity index (χ3n) is 4.69. The third kappa shape index (κ3) is 2.74. The largest absolute Gasteiger partial charge is 0.358 e. The standard InChI is InChI=1S/C18H24ClN/c1-2-3-4-5-7-13-8-6-9-15-16-12-14(19)10-11-17(16)20-18(13)15/h10-13,20H,2-9H2,1H3. The molecule has 0 radical (unpaired) electrons. The first-order valence-electron chi connectivity index (χ1n) is 8.09. The van der Waals surface area contributed by atoms with Gasteiger partial charge in [0, 0.05) is 21.6 Å². The molecule has 1 heterocycles. The van der Waals surface area contributed by atoms with Crippen molar-refractivity contribution in [2.45, 2.75) is 64.2 Å². The number of benzene rings is 1. The van der Waals surface area contributed by atoms with Crippen molar-refractivity contribution in [3.05, 3.63) is 34.5 Å². The van der Waals surface area contributed by atoms with E-state index >= 15 is 0 Å². The molecule has 1 atom stereocenters. The van der Waals surface area contributed by atoms with Crippen LogP contribution in [0.4, 0.5) is 0 Å². The molecule has 1 nitrogen and oxygen atoms in total. The lowest BCUT2D eigenvalue weighted by molar-refractivity contribution is 0.483. The number of nitrogens with one attached hydrogen (secondary N) is 1. The van der Waals surface area contributed by atoms with Gasteiger partial charge in [-0.25, -0.2) is 0 Å². The Hall–Kier alpha value is -0.950. The van der Waals surface area contributed by atoms with Crippen molar-refractivity contribution < 1.29 is 0 Å². The predicted molar refractivity (Wildman–Crippen MR) is 87.7 cm³/mol. The van der Waals surface area contributed by atoms with Crippen molar-refractivity contribution >= 4 is 22.5 Å². The topological polar surface area (TPSA) is 15.8 Å². The Morgan fingerprint density at radius 2 is 2.15 bits per heavy atom. The lowest BCUT2D eigenvalue weighted by atomic mass is 9.83. The molecule has 20 heavy (non-hydrogen) atoms. The molecule has 1 unspecified atom stereocenters. The number of fused-ring (bicyclic) bond motifs is 3. The second-order valence-electron chi connectivity index (χ2n) is 6.15. The molecule has 1 aliphatic carbocycles. The molecule has 108 valence electrons. The SMILES string of the molecule is CCCCCCC1CCCc2c1[nH]c1ccc(Cl)cc21. The summed E-state index contributed by atoms with van der Waals surface area (Å²) in [6.07, 6.45) is 10.7. The molecule has 0 amide bonds. The van der Waals surface area contributed by atoms with Crippen LogP contribution in [0.1, 0.15) is 69.0 Å². The van der Waals surface area contributed by atoms with Crippen LogP contribution in [0, 0.1) is 0 Å². The van der Waals surface area contributed by atoms with Crippen LogP contribution in [0.15, 0.2) is 18.2 Å². The van der Waals surface area contributed by atoms with E-state index in [9.17, 15) is 0 Å². The van der Waals surface area contributed by atoms with Gasteiger partial charge in [-0.05, 0) is 55.4 Å². The zero-order chi connectivity index (χ0) is 13.9. The van der Waals surface area contributed by atoms with E-state index in [1.165, 1.54) is 73.5 Å². The molecule has 2 heteroatoms. The smallest absolute Gasteiger partial charge is 0.0460 e. The van der Waals surface area contributed by atoms with Gasteiger partial charge in [-0.3, -0.25) is 0 Å². The first-order valence-corrected chi connectivity index (χ1v) is 8.47. The molecule has 0 aliphatic heterocycles. The fourth-order valence-corrected chi connectivity index (χ4v) is 3.81. The molecule has 1 aromatic carbocycles. The highest BCUT2D eigenvalue weighted by Crippen LogP contribution is 2.39. The summed E-state index contributed by atoms with van der Waals surface area (Å²) < 4.78 is 0. The number of H-pyrrole nitrogens is 1. The van der Waals surface area contributed by atoms with E-state index in [0.717, 1.165) is 10.9 Å². The molecule has 2 aromatic rings. The number of aromatic amines is 1. The number of hydrogen-bond donors (Lipinski definition) is 1. The highest BCUT2D eigenvalue weighted by molar-refractivity contribution is 6.31. The maximum Gasteiger partial charge on any atom is 0.0460 e. The zero-order valence-corrected chi connectivity index (χ0v) is 13.1. The van der Waals surface area contributed by atoms with E-state index in [4.69, 9.17) is 11.6 Å². The minimum atomic E-state index is 0.738. The maximum absolute atomic E-state index is 6.16. The second-order valence-corrected chi connectivity index (χ2v) is 6.58. The van der Waals surface area contributed by atoms with Crippen LogP contribution in [0.5, 0.6) is 0 Å². The summed E-state index contributed by atoms with van der Waals surface area (Å²) in [5.41, 5.74) is 4.30. The number of unbranched alkanes of at least 4 members (excludes halogenated alkanes) is 3. The quantitative estimate of drug-likeness (QED) is 0.630.